The second-order valence-corrected chi connectivity index (χ2v) is 9.44. The molecule has 32 heavy (non-hydrogen) atoms. The molecule has 0 saturated carbocycles. The lowest BCUT2D eigenvalue weighted by molar-refractivity contribution is 0.340. The first-order valence-electron chi connectivity index (χ1n) is 10.4. The van der Waals surface area contributed by atoms with Crippen LogP contribution in [0.25, 0.3) is 0 Å². The van der Waals surface area contributed by atoms with Crippen LogP contribution < -0.4 is 14.8 Å². The van der Waals surface area contributed by atoms with E-state index in [0.717, 1.165) is 28.4 Å². The molecule has 2 N–H and O–H groups in total. The molecule has 2 rings (SSSR count). The van der Waals surface area contributed by atoms with E-state index in [1.165, 1.54) is 0 Å². The predicted octanol–water partition coefficient (Wildman–Crippen LogP) is 3.74. The zero-order chi connectivity index (χ0) is 22.9. The van der Waals surface area contributed by atoms with E-state index in [4.69, 9.17) is 4.74 Å². The summed E-state index contributed by atoms with van der Waals surface area (Å²) in [5.74, 6) is 1.63. The first-order chi connectivity index (χ1) is 14.7. The van der Waals surface area contributed by atoms with Crippen LogP contribution >= 0.6 is 24.0 Å². The maximum atomic E-state index is 12.1. The van der Waals surface area contributed by atoms with Crippen LogP contribution in [-0.2, 0) is 28.9 Å². The minimum Gasteiger partial charge on any atom is -0.494 e. The molecule has 0 fully saturated rings. The van der Waals surface area contributed by atoms with Crippen molar-refractivity contribution in [3.05, 3.63) is 65.2 Å². The van der Waals surface area contributed by atoms with Crippen molar-refractivity contribution in [2.75, 3.05) is 20.7 Å². The van der Waals surface area contributed by atoms with E-state index in [1.807, 2.05) is 69.1 Å². The number of guanidine groups is 1. The molecule has 178 valence electrons. The molecular weight excluding hydrogens is 539 g/mol. The van der Waals surface area contributed by atoms with E-state index in [2.05, 4.69) is 27.2 Å². The molecule has 2 aromatic rings. The number of rotatable bonds is 10. The highest BCUT2D eigenvalue weighted by atomic mass is 127. The quantitative estimate of drug-likeness (QED) is 0.257. The fraction of sp³-hybridized carbons (Fsp3) is 0.435. The molecule has 0 aliphatic rings. The van der Waals surface area contributed by atoms with Crippen LogP contribution in [-0.4, -0.2) is 46.0 Å². The summed E-state index contributed by atoms with van der Waals surface area (Å²) in [6.45, 7) is 7.56. The predicted molar refractivity (Wildman–Crippen MR) is 142 cm³/mol. The van der Waals surface area contributed by atoms with Gasteiger partial charge in [-0.15, -0.1) is 24.0 Å². The van der Waals surface area contributed by atoms with Gasteiger partial charge in [-0.05, 0) is 49.6 Å². The minimum atomic E-state index is -3.32. The molecule has 9 heteroatoms. The van der Waals surface area contributed by atoms with Crippen molar-refractivity contribution < 1.29 is 13.2 Å². The molecule has 0 radical (unpaired) electrons. The van der Waals surface area contributed by atoms with Crippen LogP contribution in [0.15, 0.2) is 53.5 Å². The van der Waals surface area contributed by atoms with E-state index in [1.54, 1.807) is 7.05 Å². The van der Waals surface area contributed by atoms with Gasteiger partial charge in [0, 0.05) is 33.2 Å². The Kier molecular flexibility index (Phi) is 12.0. The Morgan fingerprint density at radius 1 is 1.03 bits per heavy atom. The Balaban J connectivity index is 0.00000512. The summed E-state index contributed by atoms with van der Waals surface area (Å²) < 4.78 is 32.2. The third-order valence-electron chi connectivity index (χ3n) is 4.47. The summed E-state index contributed by atoms with van der Waals surface area (Å²) in [6.07, 6.45) is 0. The fourth-order valence-corrected chi connectivity index (χ4v) is 4.58. The lowest BCUT2D eigenvalue weighted by atomic mass is 10.1. The van der Waals surface area contributed by atoms with E-state index < -0.39 is 10.0 Å². The topological polar surface area (TPSA) is 83.0 Å². The summed E-state index contributed by atoms with van der Waals surface area (Å²) >= 11 is 0. The Morgan fingerprint density at radius 2 is 1.59 bits per heavy atom. The van der Waals surface area contributed by atoms with Crippen molar-refractivity contribution in [3.63, 3.8) is 0 Å². The van der Waals surface area contributed by atoms with Crippen molar-refractivity contribution in [2.45, 2.75) is 45.7 Å². The summed E-state index contributed by atoms with van der Waals surface area (Å²) in [7, 11) is 0.421. The average Bonchev–Trinajstić information content (AvgIpc) is 2.70. The standard InChI is InChI=1S/C23H34N4O3S.HI/c1-6-30-22-13-11-20(12-14-22)16-27(5)23(24-4)25-15-19-7-9-21(10-8-19)17-31(28,29)26-18(2)3;/h7-14,18,26H,6,15-17H2,1-5H3,(H,24,25);1H. The number of benzene rings is 2. The number of nitrogens with one attached hydrogen (secondary N) is 2. The Morgan fingerprint density at radius 3 is 2.12 bits per heavy atom. The Bertz CT molecular complexity index is 946. The number of aliphatic imine (C=N–C) groups is 1. The highest BCUT2D eigenvalue weighted by molar-refractivity contribution is 14.0. The van der Waals surface area contributed by atoms with Gasteiger partial charge in [-0.1, -0.05) is 36.4 Å². The zero-order valence-electron chi connectivity index (χ0n) is 19.5. The fourth-order valence-electron chi connectivity index (χ4n) is 3.15. The van der Waals surface area contributed by atoms with Gasteiger partial charge in [0.2, 0.25) is 10.0 Å². The van der Waals surface area contributed by atoms with Crippen LogP contribution in [0.5, 0.6) is 5.75 Å². The number of sulfonamides is 1. The second-order valence-electron chi connectivity index (χ2n) is 7.68. The molecular formula is C23H35IN4O3S. The van der Waals surface area contributed by atoms with E-state index in [-0.39, 0.29) is 35.8 Å². The van der Waals surface area contributed by atoms with Crippen LogP contribution in [0.1, 0.15) is 37.5 Å². The van der Waals surface area contributed by atoms with Gasteiger partial charge in [-0.2, -0.15) is 0 Å². The number of hydrogen-bond acceptors (Lipinski definition) is 4. The van der Waals surface area contributed by atoms with Gasteiger partial charge in [0.15, 0.2) is 5.96 Å². The van der Waals surface area contributed by atoms with Gasteiger partial charge in [-0.25, -0.2) is 13.1 Å². The molecule has 0 bridgehead atoms. The molecule has 0 heterocycles. The number of nitrogens with zero attached hydrogens (tertiary/aromatic N) is 2. The lowest BCUT2D eigenvalue weighted by Gasteiger charge is -2.22. The molecule has 0 spiro atoms. The first-order valence-corrected chi connectivity index (χ1v) is 12.1. The molecule has 7 nitrogen and oxygen atoms in total. The van der Waals surface area contributed by atoms with Crippen LogP contribution in [0.3, 0.4) is 0 Å². The summed E-state index contributed by atoms with van der Waals surface area (Å²) in [5, 5.41) is 3.35. The molecule has 0 aliphatic carbocycles. The van der Waals surface area contributed by atoms with Gasteiger partial charge in [0.25, 0.3) is 0 Å². The second kappa shape index (κ2) is 13.6. The van der Waals surface area contributed by atoms with Crippen molar-refractivity contribution in [3.8, 4) is 5.75 Å². The van der Waals surface area contributed by atoms with Crippen molar-refractivity contribution in [1.29, 1.82) is 0 Å². The summed E-state index contributed by atoms with van der Waals surface area (Å²) in [4.78, 5) is 6.41. The Labute approximate surface area is 209 Å². The summed E-state index contributed by atoms with van der Waals surface area (Å²) in [6, 6.07) is 15.5. The van der Waals surface area contributed by atoms with Gasteiger partial charge >= 0.3 is 0 Å². The van der Waals surface area contributed by atoms with Crippen LogP contribution in [0.2, 0.25) is 0 Å². The average molecular weight is 575 g/mol. The van der Waals surface area contributed by atoms with Gasteiger partial charge < -0.3 is 15.0 Å². The van der Waals surface area contributed by atoms with Crippen LogP contribution in [0, 0.1) is 0 Å². The summed E-state index contributed by atoms with van der Waals surface area (Å²) in [5.41, 5.74) is 2.97. The smallest absolute Gasteiger partial charge is 0.216 e. The Hall–Kier alpha value is -1.85. The zero-order valence-corrected chi connectivity index (χ0v) is 22.6. The van der Waals surface area contributed by atoms with Crippen molar-refractivity contribution in [1.82, 2.24) is 14.9 Å². The monoisotopic (exact) mass is 574 g/mol. The SMILES string of the molecule is CCOc1ccc(CN(C)C(=NC)NCc2ccc(CS(=O)(=O)NC(C)C)cc2)cc1.I. The van der Waals surface area contributed by atoms with Crippen LogP contribution in [0.4, 0.5) is 0 Å². The van der Waals surface area contributed by atoms with Crippen molar-refractivity contribution in [2.24, 2.45) is 4.99 Å². The van der Waals surface area contributed by atoms with E-state index in [9.17, 15) is 8.42 Å². The lowest BCUT2D eigenvalue weighted by Crippen LogP contribution is -2.38. The highest BCUT2D eigenvalue weighted by Gasteiger charge is 2.13. The van der Waals surface area contributed by atoms with Crippen molar-refractivity contribution >= 4 is 40.0 Å². The number of halogens is 1. The maximum Gasteiger partial charge on any atom is 0.216 e. The molecule has 0 amide bonds. The molecule has 0 aliphatic heterocycles. The molecule has 0 unspecified atom stereocenters. The molecule has 2 aromatic carbocycles. The largest absolute Gasteiger partial charge is 0.494 e. The van der Waals surface area contributed by atoms with Gasteiger partial charge in [0.05, 0.1) is 12.4 Å². The first kappa shape index (κ1) is 28.2. The molecule has 0 aromatic heterocycles. The number of ether oxygens (including phenoxy) is 1. The third kappa shape index (κ3) is 9.74. The molecule has 0 saturated heterocycles. The van der Waals surface area contributed by atoms with Gasteiger partial charge in [-0.3, -0.25) is 4.99 Å². The molecule has 0 atom stereocenters. The van der Waals surface area contributed by atoms with Gasteiger partial charge in [0.1, 0.15) is 5.75 Å². The third-order valence-corrected chi connectivity index (χ3v) is 6.02. The van der Waals surface area contributed by atoms with E-state index in [0.29, 0.717) is 19.7 Å². The number of hydrogen-bond donors (Lipinski definition) is 2. The maximum absolute atomic E-state index is 12.1. The normalized spacial score (nSPS) is 11.8. The van der Waals surface area contributed by atoms with E-state index >= 15 is 0 Å². The highest BCUT2D eigenvalue weighted by Crippen LogP contribution is 2.13. The minimum absolute atomic E-state index is 0.